The van der Waals surface area contributed by atoms with Crippen LogP contribution in [-0.4, -0.2) is 5.11 Å². The maximum absolute atomic E-state index is 9.24. The number of hydrogen-bond acceptors (Lipinski definition) is 11. The molecule has 5 atom stereocenters. The molecule has 0 aliphatic rings. The number of aliphatic hydroxyl groups excluding tert-OH is 1. The van der Waals surface area contributed by atoms with Crippen molar-refractivity contribution in [2.75, 3.05) is 0 Å². The fraction of sp³-hybridized carbons (Fsp3) is 0.143. The average molecular weight is 605 g/mol. The van der Waals surface area contributed by atoms with Gasteiger partial charge in [-0.25, -0.2) is 0 Å². The third-order valence-electron chi connectivity index (χ3n) is 1.34. The van der Waals surface area contributed by atoms with E-state index in [-0.39, 0.29) is 25.8 Å². The van der Waals surface area contributed by atoms with Crippen molar-refractivity contribution in [3.05, 3.63) is 35.9 Å². The molecule has 11 nitrogen and oxygen atoms in total. The van der Waals surface area contributed by atoms with Crippen LogP contribution in [0.15, 0.2) is 30.3 Å². The predicted molar refractivity (Wildman–Crippen MR) is 69.9 cm³/mol. The van der Waals surface area contributed by atoms with Crippen molar-refractivity contribution in [2.24, 2.45) is 0 Å². The van der Waals surface area contributed by atoms with E-state index in [1.54, 1.807) is 12.1 Å². The molecule has 0 heterocycles. The summed E-state index contributed by atoms with van der Waals surface area (Å²) in [6.45, 7) is 0. The summed E-state index contributed by atoms with van der Waals surface area (Å²) in [4.78, 5) is 37.0. The Morgan fingerprint density at radius 1 is 0.833 bits per heavy atom. The Morgan fingerprint density at radius 3 is 1.25 bits per heavy atom. The molecule has 0 saturated carbocycles. The topological polar surface area (TPSA) is 199 Å². The van der Waals surface area contributed by atoms with E-state index < -0.39 is 38.6 Å². The maximum atomic E-state index is 9.24. The molecule has 1 aromatic rings. The summed E-state index contributed by atoms with van der Waals surface area (Å²) in [6, 6.07) is 9.10. The van der Waals surface area contributed by atoms with E-state index in [1.165, 1.54) is 0 Å². The third kappa shape index (κ3) is 24.7. The molecule has 0 bridgehead atoms. The molecule has 1 N–H and O–H groups in total. The summed E-state index contributed by atoms with van der Waals surface area (Å²) in [7, 11) is -12.9. The van der Waals surface area contributed by atoms with Gasteiger partial charge in [0.2, 0.25) is 0 Å². The van der Waals surface area contributed by atoms with E-state index >= 15 is 0 Å². The van der Waals surface area contributed by atoms with Crippen LogP contribution < -0.4 is 19.6 Å². The number of alkyl halides is 1. The van der Waals surface area contributed by atoms with Crippen molar-refractivity contribution in [1.29, 1.82) is 0 Å². The van der Waals surface area contributed by atoms with Gasteiger partial charge in [0.25, 0.3) is 0 Å². The first-order valence-corrected chi connectivity index (χ1v) is 9.68. The van der Waals surface area contributed by atoms with Crippen molar-refractivity contribution < 1.29 is 77.4 Å². The zero-order valence-corrected chi connectivity index (χ0v) is 19.1. The molecule has 0 radical (unpaired) electrons. The average Bonchev–Trinajstić information content (AvgIpc) is 2.37. The molecule has 1 aromatic carbocycles. The van der Waals surface area contributed by atoms with Crippen LogP contribution in [0.4, 0.5) is 0 Å². The molecule has 0 aliphatic carbocycles. The Kier molecular flexibility index (Phi) is 22.3. The minimum atomic E-state index is -3.24. The van der Waals surface area contributed by atoms with Crippen LogP contribution >= 0.6 is 44.6 Å². The molecular weight excluding hydrogens is 598 g/mol. The predicted octanol–water partition coefficient (Wildman–Crippen LogP) is -0.00940. The maximum Gasteiger partial charge on any atom is 4.00 e. The van der Waals surface area contributed by atoms with E-state index in [4.69, 9.17) is 16.7 Å². The van der Waals surface area contributed by atoms with Gasteiger partial charge in [-0.1, -0.05) is 41.9 Å². The van der Waals surface area contributed by atoms with Gasteiger partial charge in [0, 0.05) is 0 Å². The monoisotopic (exact) mass is 606 g/mol. The van der Waals surface area contributed by atoms with Gasteiger partial charge >= 0.3 is 58.9 Å². The number of halogens is 1. The molecule has 0 fully saturated rings. The Balaban J connectivity index is -0.000000274. The van der Waals surface area contributed by atoms with Crippen LogP contribution in [0.1, 0.15) is 11.1 Å². The summed E-state index contributed by atoms with van der Waals surface area (Å²) in [5.74, 6) is 0. The standard InChI is InChI=1S/C7H7ClO.Hf.2O5P2/c8-7(9)6-4-2-1-3-5-6;;2*1-6(2)5-7(3)4/h1-5,7,9H;;;/q;+4;;. The van der Waals surface area contributed by atoms with Crippen LogP contribution in [0.5, 0.6) is 0 Å². The van der Waals surface area contributed by atoms with E-state index in [0.29, 0.717) is 0 Å². The minimum absolute atomic E-state index is 0. The first kappa shape index (κ1) is 29.3. The summed E-state index contributed by atoms with van der Waals surface area (Å²) in [5.41, 5.74) is -0.134. The molecule has 1 rings (SSSR count). The first-order chi connectivity index (χ1) is 10.6. The second-order valence-corrected chi connectivity index (χ2v) is 6.31. The Labute approximate surface area is 163 Å². The van der Waals surface area contributed by atoms with Crippen molar-refractivity contribution in [3.8, 4) is 0 Å². The van der Waals surface area contributed by atoms with Crippen molar-refractivity contribution in [3.63, 3.8) is 0 Å². The summed E-state index contributed by atoms with van der Waals surface area (Å²) >= 11 is 5.36. The van der Waals surface area contributed by atoms with E-state index in [0.717, 1.165) is 5.56 Å². The first-order valence-electron chi connectivity index (χ1n) is 4.87. The fourth-order valence-corrected chi connectivity index (χ4v) is 1.74. The quantitative estimate of drug-likeness (QED) is 0.269. The second-order valence-electron chi connectivity index (χ2n) is 2.80. The Bertz CT molecular complexity index is 480. The van der Waals surface area contributed by atoms with Crippen LogP contribution in [-0.2, 0) is 52.7 Å². The molecule has 0 amide bonds. The van der Waals surface area contributed by atoms with Crippen molar-refractivity contribution in [2.45, 2.75) is 5.56 Å². The van der Waals surface area contributed by atoms with Gasteiger partial charge in [-0.2, -0.15) is 0 Å². The number of rotatable bonds is 5. The van der Waals surface area contributed by atoms with Gasteiger partial charge in [0.1, 0.15) is 8.62 Å². The molecule has 0 saturated heterocycles. The van der Waals surface area contributed by atoms with Crippen LogP contribution in [0.25, 0.3) is 0 Å². The van der Waals surface area contributed by atoms with Crippen molar-refractivity contribution >= 4 is 44.6 Å². The fourth-order valence-electron chi connectivity index (χ4n) is 0.721. The van der Waals surface area contributed by atoms with Crippen LogP contribution in [0.3, 0.4) is 0 Å². The molecule has 0 aliphatic heterocycles. The minimum Gasteiger partial charge on any atom is -0.563 e. The number of hydrogen-bond donors (Lipinski definition) is 1. The largest absolute Gasteiger partial charge is 4.00 e. The summed E-state index contributed by atoms with van der Waals surface area (Å²) in [6.07, 6.45) is 0. The number of aliphatic hydroxyl groups is 1. The molecule has 0 aromatic heterocycles. The molecule has 5 unspecified atom stereocenters. The van der Waals surface area contributed by atoms with Gasteiger partial charge < -0.3 is 24.7 Å². The zero-order valence-electron chi connectivity index (χ0n) is 11.2. The SMILES string of the molecule is O=[P+]([O-])O[P+](=O)[O-].O=[P+]([O-])O[P+](=O)[O-].OC(Cl)c1ccccc1.[Hf+4]. The zero-order chi connectivity index (χ0) is 18.4. The van der Waals surface area contributed by atoms with Crippen molar-refractivity contribution in [1.82, 2.24) is 0 Å². The van der Waals surface area contributed by atoms with Gasteiger partial charge in [-0.05, 0) is 23.8 Å². The summed E-state index contributed by atoms with van der Waals surface area (Å²) in [5, 5.41) is 8.79. The smallest absolute Gasteiger partial charge is 0.563 e. The van der Waals surface area contributed by atoms with Crippen LogP contribution in [0.2, 0.25) is 0 Å². The molecule has 17 heteroatoms. The Morgan fingerprint density at radius 2 is 1.12 bits per heavy atom. The van der Waals surface area contributed by atoms with E-state index in [1.807, 2.05) is 18.2 Å². The van der Waals surface area contributed by atoms with E-state index in [9.17, 15) is 37.8 Å². The Hall–Kier alpha value is 0.500. The second kappa shape index (κ2) is 18.3. The van der Waals surface area contributed by atoms with Crippen LogP contribution in [0, 0.1) is 0 Å². The van der Waals surface area contributed by atoms with Gasteiger partial charge in [0.15, 0.2) is 5.56 Å². The normalized spacial score (nSPS) is 12.8. The molecular formula is C7H7ClHfO11P4+4. The molecule has 24 heavy (non-hydrogen) atoms. The van der Waals surface area contributed by atoms with Gasteiger partial charge in [0.05, 0.1) is 0 Å². The number of benzene rings is 1. The molecule has 128 valence electrons. The third-order valence-corrected chi connectivity index (χ3v) is 3.73. The van der Waals surface area contributed by atoms with E-state index in [2.05, 4.69) is 8.62 Å². The van der Waals surface area contributed by atoms with Gasteiger partial charge in [-0.3, -0.25) is 0 Å². The molecule has 0 spiro atoms. The summed E-state index contributed by atoms with van der Waals surface area (Å²) < 4.78 is 43.3. The van der Waals surface area contributed by atoms with Gasteiger partial charge in [-0.15, -0.1) is 0 Å².